The molecule has 1 N–H and O–H groups in total. The number of nitrogens with zero attached hydrogens (tertiary/aromatic N) is 2. The lowest BCUT2D eigenvalue weighted by molar-refractivity contribution is -0.138. The fraction of sp³-hybridized carbons (Fsp3) is 0.600. The molecule has 146 valence electrons. The van der Waals surface area contributed by atoms with Gasteiger partial charge >= 0.3 is 6.03 Å². The summed E-state index contributed by atoms with van der Waals surface area (Å²) < 4.78 is 11.1. The van der Waals surface area contributed by atoms with Gasteiger partial charge in [0.05, 0.1) is 32.5 Å². The van der Waals surface area contributed by atoms with Crippen molar-refractivity contribution in [2.75, 3.05) is 46.0 Å². The van der Waals surface area contributed by atoms with E-state index < -0.39 is 5.54 Å². The Bertz CT molecular complexity index is 669. The van der Waals surface area contributed by atoms with Crippen LogP contribution in [-0.2, 0) is 20.7 Å². The predicted octanol–water partition coefficient (Wildman–Crippen LogP) is 1.03. The SMILES string of the molecule is O=C1N(C[C@H]2COCCO2)C(=O)C2(CCNCC2)N1CCc1ccccc1. The molecule has 0 unspecified atom stereocenters. The van der Waals surface area contributed by atoms with Gasteiger partial charge in [0.25, 0.3) is 5.91 Å². The first-order valence-electron chi connectivity index (χ1n) is 9.78. The van der Waals surface area contributed by atoms with Crippen molar-refractivity contribution in [2.45, 2.75) is 30.9 Å². The maximum Gasteiger partial charge on any atom is 0.327 e. The number of carbonyl (C=O) groups is 2. The predicted molar refractivity (Wildman–Crippen MR) is 99.4 cm³/mol. The molecule has 7 heteroatoms. The van der Waals surface area contributed by atoms with Crippen LogP contribution in [0.4, 0.5) is 4.79 Å². The molecule has 1 aromatic carbocycles. The first kappa shape index (κ1) is 18.4. The van der Waals surface area contributed by atoms with E-state index in [-0.39, 0.29) is 24.6 Å². The van der Waals surface area contributed by atoms with E-state index in [9.17, 15) is 9.59 Å². The van der Waals surface area contributed by atoms with Gasteiger partial charge < -0.3 is 19.7 Å². The van der Waals surface area contributed by atoms with Crippen molar-refractivity contribution in [1.29, 1.82) is 0 Å². The lowest BCUT2D eigenvalue weighted by atomic mass is 9.86. The number of piperidine rings is 1. The second kappa shape index (κ2) is 7.96. The molecule has 0 radical (unpaired) electrons. The number of hydrogen-bond acceptors (Lipinski definition) is 5. The van der Waals surface area contributed by atoms with E-state index in [4.69, 9.17) is 9.47 Å². The Hall–Kier alpha value is -1.96. The fourth-order valence-corrected chi connectivity index (χ4v) is 4.31. The highest BCUT2D eigenvalue weighted by molar-refractivity contribution is 6.07. The maximum atomic E-state index is 13.3. The summed E-state index contributed by atoms with van der Waals surface area (Å²) >= 11 is 0. The molecule has 0 bridgehead atoms. The molecule has 3 aliphatic rings. The van der Waals surface area contributed by atoms with Crippen LogP contribution in [0.1, 0.15) is 18.4 Å². The van der Waals surface area contributed by atoms with E-state index in [0.29, 0.717) is 39.2 Å². The van der Waals surface area contributed by atoms with Gasteiger partial charge in [-0.05, 0) is 37.9 Å². The van der Waals surface area contributed by atoms with Gasteiger partial charge in [-0.15, -0.1) is 0 Å². The molecular weight excluding hydrogens is 346 g/mol. The van der Waals surface area contributed by atoms with E-state index in [1.165, 1.54) is 10.5 Å². The Morgan fingerprint density at radius 3 is 2.59 bits per heavy atom. The molecule has 3 amide bonds. The minimum Gasteiger partial charge on any atom is -0.376 e. The largest absolute Gasteiger partial charge is 0.376 e. The zero-order valence-electron chi connectivity index (χ0n) is 15.6. The smallest absolute Gasteiger partial charge is 0.327 e. The van der Waals surface area contributed by atoms with Crippen LogP contribution in [0.15, 0.2) is 30.3 Å². The van der Waals surface area contributed by atoms with Crippen LogP contribution in [0, 0.1) is 0 Å². The van der Waals surface area contributed by atoms with Gasteiger partial charge in [0, 0.05) is 6.54 Å². The van der Waals surface area contributed by atoms with Gasteiger partial charge in [-0.3, -0.25) is 9.69 Å². The van der Waals surface area contributed by atoms with Crippen molar-refractivity contribution in [3.05, 3.63) is 35.9 Å². The van der Waals surface area contributed by atoms with Crippen LogP contribution < -0.4 is 5.32 Å². The summed E-state index contributed by atoms with van der Waals surface area (Å²) in [5, 5.41) is 3.31. The van der Waals surface area contributed by atoms with Gasteiger partial charge in [0.2, 0.25) is 0 Å². The number of ether oxygens (including phenoxy) is 2. The van der Waals surface area contributed by atoms with Crippen molar-refractivity contribution in [2.24, 2.45) is 0 Å². The molecule has 1 aromatic rings. The Morgan fingerprint density at radius 1 is 1.11 bits per heavy atom. The molecule has 3 heterocycles. The van der Waals surface area contributed by atoms with Crippen LogP contribution in [0.3, 0.4) is 0 Å². The summed E-state index contributed by atoms with van der Waals surface area (Å²) in [5.41, 5.74) is 0.455. The summed E-state index contributed by atoms with van der Waals surface area (Å²) in [6.45, 7) is 3.82. The van der Waals surface area contributed by atoms with Gasteiger partial charge in [-0.25, -0.2) is 4.79 Å². The van der Waals surface area contributed by atoms with Gasteiger partial charge in [-0.2, -0.15) is 0 Å². The number of hydrogen-bond donors (Lipinski definition) is 1. The molecule has 1 spiro atoms. The van der Waals surface area contributed by atoms with Crippen LogP contribution in [0.5, 0.6) is 0 Å². The first-order chi connectivity index (χ1) is 13.2. The Labute approximate surface area is 159 Å². The third-order valence-corrected chi connectivity index (χ3v) is 5.79. The highest BCUT2D eigenvalue weighted by Crippen LogP contribution is 2.36. The van der Waals surface area contributed by atoms with Crippen LogP contribution in [0.25, 0.3) is 0 Å². The van der Waals surface area contributed by atoms with E-state index >= 15 is 0 Å². The molecule has 3 saturated heterocycles. The molecule has 0 saturated carbocycles. The number of urea groups is 1. The summed E-state index contributed by atoms with van der Waals surface area (Å²) in [5.74, 6) is -0.0729. The fourth-order valence-electron chi connectivity index (χ4n) is 4.31. The summed E-state index contributed by atoms with van der Waals surface area (Å²) in [6.07, 6.45) is 1.82. The number of imide groups is 1. The minimum absolute atomic E-state index is 0.0729. The lowest BCUT2D eigenvalue weighted by Gasteiger charge is -2.38. The summed E-state index contributed by atoms with van der Waals surface area (Å²) in [7, 11) is 0. The number of benzene rings is 1. The normalized spacial score (nSPS) is 25.4. The topological polar surface area (TPSA) is 71.1 Å². The standard InChI is InChI=1S/C20H27N3O4/c24-18-20(7-9-21-10-8-20)23(11-6-16-4-2-1-3-5-16)19(25)22(18)14-17-15-26-12-13-27-17/h1-5,17,21H,6-15H2/t17-/m0/s1. The molecule has 0 aromatic heterocycles. The zero-order chi connectivity index (χ0) is 18.7. The van der Waals surface area contributed by atoms with E-state index in [2.05, 4.69) is 17.4 Å². The van der Waals surface area contributed by atoms with Crippen molar-refractivity contribution < 1.29 is 19.1 Å². The van der Waals surface area contributed by atoms with E-state index in [0.717, 1.165) is 19.5 Å². The second-order valence-electron chi connectivity index (χ2n) is 7.43. The van der Waals surface area contributed by atoms with Gasteiger partial charge in [0.1, 0.15) is 5.54 Å². The number of carbonyl (C=O) groups excluding carboxylic acids is 2. The van der Waals surface area contributed by atoms with E-state index in [1.54, 1.807) is 0 Å². The molecule has 7 nitrogen and oxygen atoms in total. The van der Waals surface area contributed by atoms with Gasteiger partial charge in [0.15, 0.2) is 0 Å². The monoisotopic (exact) mass is 373 g/mol. The molecular formula is C20H27N3O4. The molecule has 1 atom stereocenters. The Morgan fingerprint density at radius 2 is 1.89 bits per heavy atom. The molecule has 3 aliphatic heterocycles. The average molecular weight is 373 g/mol. The molecule has 27 heavy (non-hydrogen) atoms. The number of rotatable bonds is 5. The van der Waals surface area contributed by atoms with Crippen LogP contribution in [-0.4, -0.2) is 79.4 Å². The average Bonchev–Trinajstić information content (AvgIpc) is 2.90. The number of nitrogens with one attached hydrogen (secondary N) is 1. The highest BCUT2D eigenvalue weighted by atomic mass is 16.6. The maximum absolute atomic E-state index is 13.3. The molecule has 0 aliphatic carbocycles. The van der Waals surface area contributed by atoms with Crippen LogP contribution >= 0.6 is 0 Å². The van der Waals surface area contributed by atoms with Gasteiger partial charge in [-0.1, -0.05) is 30.3 Å². The van der Waals surface area contributed by atoms with Crippen LogP contribution in [0.2, 0.25) is 0 Å². The van der Waals surface area contributed by atoms with Crippen molar-refractivity contribution >= 4 is 11.9 Å². The van der Waals surface area contributed by atoms with Crippen molar-refractivity contribution in [3.63, 3.8) is 0 Å². The Kier molecular flexibility index (Phi) is 5.43. The zero-order valence-corrected chi connectivity index (χ0v) is 15.6. The quantitative estimate of drug-likeness (QED) is 0.781. The first-order valence-corrected chi connectivity index (χ1v) is 9.78. The molecule has 4 rings (SSSR count). The van der Waals surface area contributed by atoms with E-state index in [1.807, 2.05) is 23.1 Å². The van der Waals surface area contributed by atoms with Crippen molar-refractivity contribution in [3.8, 4) is 0 Å². The third kappa shape index (κ3) is 3.59. The second-order valence-corrected chi connectivity index (χ2v) is 7.43. The minimum atomic E-state index is -0.716. The lowest BCUT2D eigenvalue weighted by Crippen LogP contribution is -2.56. The highest BCUT2D eigenvalue weighted by Gasteiger charge is 2.57. The number of amides is 3. The molecule has 3 fully saturated rings. The Balaban J connectivity index is 1.53. The van der Waals surface area contributed by atoms with Crippen molar-refractivity contribution in [1.82, 2.24) is 15.1 Å². The third-order valence-electron chi connectivity index (χ3n) is 5.79. The summed E-state index contributed by atoms with van der Waals surface area (Å²) in [6, 6.07) is 9.91. The summed E-state index contributed by atoms with van der Waals surface area (Å²) in [4.78, 5) is 29.7.